The number of benzene rings is 1. The Labute approximate surface area is 181 Å². The van der Waals surface area contributed by atoms with Crippen LogP contribution in [0.1, 0.15) is 71.3 Å². The Bertz CT molecular complexity index is 843. The minimum atomic E-state index is -0.225. The summed E-state index contributed by atoms with van der Waals surface area (Å²) in [6.07, 6.45) is 15.4. The molecule has 3 aliphatic rings. The Kier molecular flexibility index (Phi) is 5.67. The van der Waals surface area contributed by atoms with Crippen molar-refractivity contribution in [2.45, 2.75) is 72.3 Å². The third-order valence-corrected chi connectivity index (χ3v) is 8.44. The number of hydrogen-bond acceptors (Lipinski definition) is 2. The van der Waals surface area contributed by atoms with Crippen molar-refractivity contribution in [1.29, 1.82) is 0 Å². The molecule has 3 aliphatic carbocycles. The van der Waals surface area contributed by atoms with E-state index in [0.29, 0.717) is 18.4 Å². The van der Waals surface area contributed by atoms with Gasteiger partial charge in [-0.15, -0.1) is 6.58 Å². The van der Waals surface area contributed by atoms with Gasteiger partial charge < -0.3 is 4.84 Å². The lowest BCUT2D eigenvalue weighted by Crippen LogP contribution is -2.50. The van der Waals surface area contributed by atoms with Crippen molar-refractivity contribution >= 4 is 6.21 Å². The topological polar surface area (TPSA) is 21.6 Å². The molecule has 162 valence electrons. The lowest BCUT2D eigenvalue weighted by Gasteiger charge is -2.58. The van der Waals surface area contributed by atoms with E-state index in [1.807, 2.05) is 0 Å². The van der Waals surface area contributed by atoms with Gasteiger partial charge in [-0.25, -0.2) is 4.39 Å². The normalized spacial score (nSPS) is 38.5. The van der Waals surface area contributed by atoms with Gasteiger partial charge in [0, 0.05) is 11.6 Å². The molecule has 2 nitrogen and oxygen atoms in total. The van der Waals surface area contributed by atoms with Crippen LogP contribution in [0.15, 0.2) is 53.7 Å². The molecule has 0 radical (unpaired) electrons. The molecule has 0 saturated heterocycles. The summed E-state index contributed by atoms with van der Waals surface area (Å²) in [6.45, 7) is 11.7. The Morgan fingerprint density at radius 3 is 2.67 bits per heavy atom. The minimum absolute atomic E-state index is 0.0563. The van der Waals surface area contributed by atoms with E-state index in [0.717, 1.165) is 12.0 Å². The van der Waals surface area contributed by atoms with Gasteiger partial charge >= 0.3 is 0 Å². The number of allylic oxidation sites excluding steroid dienone is 3. The van der Waals surface area contributed by atoms with E-state index in [1.54, 1.807) is 17.7 Å². The Morgan fingerprint density at radius 1 is 1.17 bits per heavy atom. The summed E-state index contributed by atoms with van der Waals surface area (Å²) in [6, 6.07) is 6.42. The number of rotatable bonds is 5. The van der Waals surface area contributed by atoms with Crippen LogP contribution in [0.25, 0.3) is 0 Å². The van der Waals surface area contributed by atoms with Crippen LogP contribution in [0.4, 0.5) is 4.39 Å². The number of halogens is 1. The first-order chi connectivity index (χ1) is 14.3. The lowest BCUT2D eigenvalue weighted by molar-refractivity contribution is 0.0113. The number of hydrogen-bond donors (Lipinski definition) is 0. The summed E-state index contributed by atoms with van der Waals surface area (Å²) >= 11 is 0. The molecule has 5 atom stereocenters. The summed E-state index contributed by atoms with van der Waals surface area (Å²) in [7, 11) is 0. The summed E-state index contributed by atoms with van der Waals surface area (Å²) in [4.78, 5) is 5.61. The Balaban J connectivity index is 1.49. The van der Waals surface area contributed by atoms with Crippen LogP contribution in [0, 0.1) is 33.9 Å². The van der Waals surface area contributed by atoms with Gasteiger partial charge in [-0.1, -0.05) is 62.2 Å². The van der Waals surface area contributed by atoms with Gasteiger partial charge in [0.15, 0.2) is 0 Å². The molecule has 0 N–H and O–H groups in total. The maximum atomic E-state index is 13.1. The molecule has 0 aromatic heterocycles. The monoisotopic (exact) mass is 409 g/mol. The highest BCUT2D eigenvalue weighted by molar-refractivity contribution is 5.66. The first-order valence-corrected chi connectivity index (χ1v) is 11.5. The van der Waals surface area contributed by atoms with Crippen LogP contribution in [0.3, 0.4) is 0 Å². The third-order valence-electron chi connectivity index (χ3n) is 8.44. The second-order valence-electron chi connectivity index (χ2n) is 10.7. The first kappa shape index (κ1) is 21.3. The summed E-state index contributed by atoms with van der Waals surface area (Å²) in [5, 5.41) is 4.40. The second kappa shape index (κ2) is 7.98. The van der Waals surface area contributed by atoms with Crippen molar-refractivity contribution in [1.82, 2.24) is 0 Å². The Morgan fingerprint density at radius 2 is 1.93 bits per heavy atom. The van der Waals surface area contributed by atoms with E-state index >= 15 is 0 Å². The van der Waals surface area contributed by atoms with E-state index in [2.05, 4.69) is 50.9 Å². The molecule has 3 heteroatoms. The summed E-state index contributed by atoms with van der Waals surface area (Å²) < 4.78 is 13.1. The number of nitrogens with zero attached hydrogens (tertiary/aromatic N) is 1. The molecule has 0 amide bonds. The number of fused-ring (bicyclic) bond motifs is 3. The van der Waals surface area contributed by atoms with E-state index in [1.165, 1.54) is 50.7 Å². The predicted octanol–water partition coefficient (Wildman–Crippen LogP) is 7.46. The van der Waals surface area contributed by atoms with Crippen molar-refractivity contribution in [2.75, 3.05) is 0 Å². The molecule has 0 bridgehead atoms. The number of oxime groups is 1. The average molecular weight is 410 g/mol. The molecular formula is C27H36FNO. The van der Waals surface area contributed by atoms with Gasteiger partial charge in [0.2, 0.25) is 0 Å². The molecule has 1 aromatic rings. The van der Waals surface area contributed by atoms with Crippen molar-refractivity contribution in [3.8, 4) is 0 Å². The average Bonchev–Trinajstić information content (AvgIpc) is 2.72. The maximum absolute atomic E-state index is 13.1. The molecule has 1 aromatic carbocycles. The van der Waals surface area contributed by atoms with Gasteiger partial charge in [0.05, 0.1) is 0 Å². The van der Waals surface area contributed by atoms with Gasteiger partial charge in [-0.05, 0) is 78.9 Å². The van der Waals surface area contributed by atoms with Crippen LogP contribution in [0.2, 0.25) is 0 Å². The molecule has 0 spiro atoms. The van der Waals surface area contributed by atoms with Crippen molar-refractivity contribution in [2.24, 2.45) is 33.2 Å². The molecule has 0 heterocycles. The highest BCUT2D eigenvalue weighted by Crippen LogP contribution is 2.63. The van der Waals surface area contributed by atoms with Gasteiger partial charge in [0.1, 0.15) is 12.4 Å². The van der Waals surface area contributed by atoms with Crippen molar-refractivity contribution in [3.63, 3.8) is 0 Å². The first-order valence-electron chi connectivity index (χ1n) is 11.5. The molecule has 2 saturated carbocycles. The van der Waals surface area contributed by atoms with Crippen LogP contribution >= 0.6 is 0 Å². The maximum Gasteiger partial charge on any atom is 0.142 e. The molecule has 4 rings (SSSR count). The van der Waals surface area contributed by atoms with Crippen molar-refractivity contribution in [3.05, 3.63) is 60.0 Å². The molecule has 2 fully saturated rings. The highest BCUT2D eigenvalue weighted by Gasteiger charge is 2.54. The van der Waals surface area contributed by atoms with E-state index in [-0.39, 0.29) is 22.1 Å². The highest BCUT2D eigenvalue weighted by atomic mass is 19.1. The lowest BCUT2D eigenvalue weighted by atomic mass is 9.46. The van der Waals surface area contributed by atoms with Crippen molar-refractivity contribution < 1.29 is 9.23 Å². The van der Waals surface area contributed by atoms with Gasteiger partial charge in [-0.2, -0.15) is 0 Å². The zero-order valence-corrected chi connectivity index (χ0v) is 18.8. The quantitative estimate of drug-likeness (QED) is 0.281. The zero-order valence-electron chi connectivity index (χ0n) is 18.8. The largest absolute Gasteiger partial charge is 0.391 e. The molecule has 2 unspecified atom stereocenters. The molecule has 0 aliphatic heterocycles. The minimum Gasteiger partial charge on any atom is -0.391 e. The summed E-state index contributed by atoms with van der Waals surface area (Å²) in [5.41, 5.74) is 3.22. The van der Waals surface area contributed by atoms with E-state index in [4.69, 9.17) is 4.84 Å². The SMILES string of the molecule is C=C[C@]1(C)CC=C2C(CCC3[C@@](C)(/C=N/OCc4ccc(F)cc4)CCC[C@]23C)C1. The fraction of sp³-hybridized carbons (Fsp3) is 0.593. The zero-order chi connectivity index (χ0) is 21.4. The Hall–Kier alpha value is -1.90. The third kappa shape index (κ3) is 3.88. The molecular weight excluding hydrogens is 373 g/mol. The molecule has 30 heavy (non-hydrogen) atoms. The van der Waals surface area contributed by atoms with Crippen LogP contribution < -0.4 is 0 Å². The summed E-state index contributed by atoms with van der Waals surface area (Å²) in [5.74, 6) is 1.09. The van der Waals surface area contributed by atoms with Gasteiger partial charge in [-0.3, -0.25) is 0 Å². The smallest absolute Gasteiger partial charge is 0.142 e. The van der Waals surface area contributed by atoms with Crippen LogP contribution in [-0.2, 0) is 11.4 Å². The fourth-order valence-corrected chi connectivity index (χ4v) is 6.67. The van der Waals surface area contributed by atoms with E-state index < -0.39 is 0 Å². The fourth-order valence-electron chi connectivity index (χ4n) is 6.67. The second-order valence-corrected chi connectivity index (χ2v) is 10.7. The van der Waals surface area contributed by atoms with E-state index in [9.17, 15) is 4.39 Å². The van der Waals surface area contributed by atoms with Gasteiger partial charge in [0.25, 0.3) is 0 Å². The standard InChI is InChI=1S/C27H36FNO/c1-5-25(2)16-13-23-21(17-25)9-12-24-26(3,14-6-15-27(23,24)4)19-29-30-18-20-7-10-22(28)11-8-20/h5,7-8,10-11,13,19,21,24H,1,6,9,12,14-18H2,2-4H3/b29-19+/t21?,24?,25-,26-,27-/m1/s1. The predicted molar refractivity (Wildman–Crippen MR) is 122 cm³/mol. The van der Waals surface area contributed by atoms with Crippen LogP contribution in [0.5, 0.6) is 0 Å². The van der Waals surface area contributed by atoms with Crippen LogP contribution in [-0.4, -0.2) is 6.21 Å².